The van der Waals surface area contributed by atoms with Crippen LogP contribution in [-0.4, -0.2) is 42.2 Å². The molecule has 5 nitrogen and oxygen atoms in total. The molecular weight excluding hydrogens is 376 g/mol. The summed E-state index contributed by atoms with van der Waals surface area (Å²) in [6.07, 6.45) is 0.896. The summed E-state index contributed by atoms with van der Waals surface area (Å²) < 4.78 is 10.8. The minimum absolute atomic E-state index is 0.0525. The predicted molar refractivity (Wildman–Crippen MR) is 119 cm³/mol. The van der Waals surface area contributed by atoms with Gasteiger partial charge < -0.3 is 14.5 Å². The fourth-order valence-electron chi connectivity index (χ4n) is 4.74. The van der Waals surface area contributed by atoms with Gasteiger partial charge in [-0.3, -0.25) is 9.69 Å². The van der Waals surface area contributed by atoms with Gasteiger partial charge in [-0.15, -0.1) is 0 Å². The van der Waals surface area contributed by atoms with E-state index in [-0.39, 0.29) is 24.0 Å². The van der Waals surface area contributed by atoms with Gasteiger partial charge in [0.1, 0.15) is 11.8 Å². The lowest BCUT2D eigenvalue weighted by Gasteiger charge is -2.41. The number of hydrogen-bond acceptors (Lipinski definition) is 4. The number of benzene rings is 2. The number of carbonyl (C=O) groups excluding carboxylic acids is 1. The average molecular weight is 407 g/mol. The smallest absolute Gasteiger partial charge is 0.323 e. The second-order valence-electron chi connectivity index (χ2n) is 8.17. The second kappa shape index (κ2) is 8.52. The van der Waals surface area contributed by atoms with Gasteiger partial charge in [-0.1, -0.05) is 44.2 Å². The van der Waals surface area contributed by atoms with Gasteiger partial charge in [-0.25, -0.2) is 0 Å². The van der Waals surface area contributed by atoms with Crippen LogP contribution in [0.1, 0.15) is 43.6 Å². The molecule has 0 aliphatic carbocycles. The van der Waals surface area contributed by atoms with Gasteiger partial charge in [-0.2, -0.15) is 0 Å². The molecular formula is C25H30N2O3. The van der Waals surface area contributed by atoms with E-state index in [1.165, 1.54) is 23.8 Å². The van der Waals surface area contributed by atoms with Crippen molar-refractivity contribution in [2.45, 2.75) is 39.3 Å². The number of rotatable bonds is 6. The Morgan fingerprint density at radius 1 is 1.17 bits per heavy atom. The summed E-state index contributed by atoms with van der Waals surface area (Å²) in [5.74, 6) is 0.808. The predicted octanol–water partition coefficient (Wildman–Crippen LogP) is 4.71. The fourth-order valence-corrected chi connectivity index (χ4v) is 4.74. The SMILES string of the molecule is CCOc1ccc([C@H]2c3[nH]c4ccccc4c3CCN2[C@@H](C(=O)OC)C(C)C)cc1. The van der Waals surface area contributed by atoms with Gasteiger partial charge in [0.15, 0.2) is 0 Å². The molecule has 2 aromatic carbocycles. The zero-order chi connectivity index (χ0) is 21.3. The fraction of sp³-hybridized carbons (Fsp3) is 0.400. The number of hydrogen-bond donors (Lipinski definition) is 1. The monoisotopic (exact) mass is 406 g/mol. The lowest BCUT2D eigenvalue weighted by atomic mass is 9.88. The third kappa shape index (κ3) is 3.58. The average Bonchev–Trinajstić information content (AvgIpc) is 3.13. The van der Waals surface area contributed by atoms with Crippen molar-refractivity contribution in [2.24, 2.45) is 5.92 Å². The lowest BCUT2D eigenvalue weighted by Crippen LogP contribution is -2.50. The second-order valence-corrected chi connectivity index (χ2v) is 8.17. The number of aromatic amines is 1. The lowest BCUT2D eigenvalue weighted by molar-refractivity contribution is -0.150. The summed E-state index contributed by atoms with van der Waals surface area (Å²) in [5, 5.41) is 1.27. The van der Waals surface area contributed by atoms with Gasteiger partial charge in [0, 0.05) is 23.1 Å². The van der Waals surface area contributed by atoms with Crippen LogP contribution in [0.5, 0.6) is 5.75 Å². The Balaban J connectivity index is 1.85. The molecule has 3 aromatic rings. The van der Waals surface area contributed by atoms with Gasteiger partial charge in [0.2, 0.25) is 0 Å². The summed E-state index contributed by atoms with van der Waals surface area (Å²) >= 11 is 0. The number of H-pyrrole nitrogens is 1. The van der Waals surface area contributed by atoms with Gasteiger partial charge in [-0.05, 0) is 48.6 Å². The van der Waals surface area contributed by atoms with Gasteiger partial charge >= 0.3 is 5.97 Å². The van der Waals surface area contributed by atoms with Crippen molar-refractivity contribution in [3.05, 3.63) is 65.4 Å². The van der Waals surface area contributed by atoms with Crippen LogP contribution in [0.3, 0.4) is 0 Å². The Morgan fingerprint density at radius 2 is 1.90 bits per heavy atom. The van der Waals surface area contributed by atoms with Crippen molar-refractivity contribution in [1.29, 1.82) is 0 Å². The molecule has 1 aliphatic rings. The number of fused-ring (bicyclic) bond motifs is 3. The molecule has 2 heterocycles. The Labute approximate surface area is 178 Å². The topological polar surface area (TPSA) is 54.6 Å². The number of ether oxygens (including phenoxy) is 2. The van der Waals surface area contributed by atoms with E-state index in [9.17, 15) is 4.79 Å². The Bertz CT molecular complexity index is 1020. The van der Waals surface area contributed by atoms with Crippen LogP contribution in [-0.2, 0) is 16.0 Å². The van der Waals surface area contributed by atoms with E-state index >= 15 is 0 Å². The molecule has 158 valence electrons. The molecule has 1 aromatic heterocycles. The van der Waals surface area contributed by atoms with E-state index in [0.717, 1.165) is 29.8 Å². The van der Waals surface area contributed by atoms with E-state index in [2.05, 4.69) is 60.1 Å². The van der Waals surface area contributed by atoms with Crippen molar-refractivity contribution >= 4 is 16.9 Å². The summed E-state index contributed by atoms with van der Waals surface area (Å²) in [5.41, 5.74) is 4.79. The third-order valence-corrected chi connectivity index (χ3v) is 6.01. The number of nitrogens with zero attached hydrogens (tertiary/aromatic N) is 1. The summed E-state index contributed by atoms with van der Waals surface area (Å²) in [4.78, 5) is 18.7. The molecule has 4 rings (SSSR count). The molecule has 30 heavy (non-hydrogen) atoms. The Kier molecular flexibility index (Phi) is 5.82. The molecule has 1 aliphatic heterocycles. The number of nitrogens with one attached hydrogen (secondary N) is 1. The highest BCUT2D eigenvalue weighted by Crippen LogP contribution is 2.40. The standard InChI is InChI=1S/C25H30N2O3/c1-5-30-18-12-10-17(11-13-18)24-22-20(19-8-6-7-9-21(19)26-22)14-15-27(24)23(16(2)3)25(28)29-4/h6-13,16,23-24,26H,5,14-15H2,1-4H3/t23-,24+/m1/s1. The summed E-state index contributed by atoms with van der Waals surface area (Å²) in [7, 11) is 1.47. The normalized spacial score (nSPS) is 17.7. The van der Waals surface area contributed by atoms with E-state index in [1.54, 1.807) is 0 Å². The minimum Gasteiger partial charge on any atom is -0.494 e. The number of aromatic nitrogens is 1. The first-order chi connectivity index (χ1) is 14.5. The molecule has 5 heteroatoms. The van der Waals surface area contributed by atoms with E-state index in [1.807, 2.05) is 19.1 Å². The number of methoxy groups -OCH3 is 1. The Hall–Kier alpha value is -2.79. The quantitative estimate of drug-likeness (QED) is 0.602. The molecule has 0 spiro atoms. The molecule has 0 radical (unpaired) electrons. The third-order valence-electron chi connectivity index (χ3n) is 6.01. The van der Waals surface area contributed by atoms with Crippen LogP contribution >= 0.6 is 0 Å². The van der Waals surface area contributed by atoms with E-state index < -0.39 is 0 Å². The largest absolute Gasteiger partial charge is 0.494 e. The maximum atomic E-state index is 12.8. The summed E-state index contributed by atoms with van der Waals surface area (Å²) in [6.45, 7) is 7.58. The van der Waals surface area contributed by atoms with Crippen molar-refractivity contribution in [1.82, 2.24) is 9.88 Å². The zero-order valence-electron chi connectivity index (χ0n) is 18.1. The van der Waals surface area contributed by atoms with E-state index in [0.29, 0.717) is 6.61 Å². The first kappa shape index (κ1) is 20.5. The van der Waals surface area contributed by atoms with Crippen molar-refractivity contribution in [3.63, 3.8) is 0 Å². The molecule has 0 amide bonds. The molecule has 0 bridgehead atoms. The summed E-state index contributed by atoms with van der Waals surface area (Å²) in [6, 6.07) is 16.3. The minimum atomic E-state index is -0.314. The zero-order valence-corrected chi connectivity index (χ0v) is 18.1. The van der Waals surface area contributed by atoms with Gasteiger partial charge in [0.05, 0.1) is 19.8 Å². The molecule has 0 unspecified atom stereocenters. The van der Waals surface area contributed by atoms with Crippen molar-refractivity contribution in [2.75, 3.05) is 20.3 Å². The van der Waals surface area contributed by atoms with Crippen LogP contribution < -0.4 is 4.74 Å². The highest BCUT2D eigenvalue weighted by molar-refractivity contribution is 5.85. The van der Waals surface area contributed by atoms with Crippen LogP contribution in [0.25, 0.3) is 10.9 Å². The van der Waals surface area contributed by atoms with Crippen LogP contribution in [0.2, 0.25) is 0 Å². The molecule has 0 fully saturated rings. The maximum Gasteiger partial charge on any atom is 0.323 e. The first-order valence-electron chi connectivity index (χ1n) is 10.7. The van der Waals surface area contributed by atoms with Crippen LogP contribution in [0.4, 0.5) is 0 Å². The molecule has 0 saturated carbocycles. The Morgan fingerprint density at radius 3 is 2.57 bits per heavy atom. The van der Waals surface area contributed by atoms with Crippen LogP contribution in [0.15, 0.2) is 48.5 Å². The molecule has 0 saturated heterocycles. The molecule has 1 N–H and O–H groups in total. The number of esters is 1. The van der Waals surface area contributed by atoms with E-state index in [4.69, 9.17) is 9.47 Å². The highest BCUT2D eigenvalue weighted by atomic mass is 16.5. The maximum absolute atomic E-state index is 12.8. The number of carbonyl (C=O) groups is 1. The molecule has 2 atom stereocenters. The first-order valence-corrected chi connectivity index (χ1v) is 10.7. The van der Waals surface area contributed by atoms with Crippen LogP contribution in [0, 0.1) is 5.92 Å². The highest BCUT2D eigenvalue weighted by Gasteiger charge is 2.40. The van der Waals surface area contributed by atoms with Crippen molar-refractivity contribution in [3.8, 4) is 5.75 Å². The van der Waals surface area contributed by atoms with Gasteiger partial charge in [0.25, 0.3) is 0 Å². The van der Waals surface area contributed by atoms with Crippen molar-refractivity contribution < 1.29 is 14.3 Å². The number of para-hydroxylation sites is 1.